The van der Waals surface area contributed by atoms with E-state index >= 15 is 0 Å². The van der Waals surface area contributed by atoms with E-state index in [4.69, 9.17) is 0 Å². The van der Waals surface area contributed by atoms with Crippen molar-refractivity contribution in [2.75, 3.05) is 6.54 Å². The third kappa shape index (κ3) is 4.45. The van der Waals surface area contributed by atoms with Crippen molar-refractivity contribution < 1.29 is 9.59 Å². The van der Waals surface area contributed by atoms with E-state index in [0.29, 0.717) is 5.56 Å². The second-order valence-electron chi connectivity index (χ2n) is 7.77. The first-order valence-electron chi connectivity index (χ1n) is 10.6. The van der Waals surface area contributed by atoms with Crippen LogP contribution in [0.2, 0.25) is 0 Å². The molecule has 2 amide bonds. The maximum Gasteiger partial charge on any atom is 0.254 e. The Kier molecular flexibility index (Phi) is 5.55. The van der Waals surface area contributed by atoms with E-state index in [1.165, 1.54) is 0 Å². The Bertz CT molecular complexity index is 1420. The van der Waals surface area contributed by atoms with Crippen molar-refractivity contribution in [1.82, 2.24) is 30.4 Å². The molecule has 0 saturated heterocycles. The molecule has 0 aliphatic carbocycles. The number of carbonyl (C=O) groups is 2. The van der Waals surface area contributed by atoms with Crippen molar-refractivity contribution >= 4 is 33.5 Å². The van der Waals surface area contributed by atoms with Crippen molar-refractivity contribution in [1.29, 1.82) is 0 Å². The number of hydrogen-bond donors (Lipinski definition) is 3. The first-order valence-corrected chi connectivity index (χ1v) is 10.6. The van der Waals surface area contributed by atoms with Gasteiger partial charge >= 0.3 is 0 Å². The van der Waals surface area contributed by atoms with Gasteiger partial charge in [-0.1, -0.05) is 36.4 Å². The summed E-state index contributed by atoms with van der Waals surface area (Å²) >= 11 is 0. The Morgan fingerprint density at radius 3 is 2.76 bits per heavy atom. The second-order valence-corrected chi connectivity index (χ2v) is 7.77. The van der Waals surface area contributed by atoms with Crippen LogP contribution in [0.25, 0.3) is 21.7 Å². The number of H-pyrrole nitrogens is 1. The van der Waals surface area contributed by atoms with Gasteiger partial charge in [-0.2, -0.15) is 5.10 Å². The third-order valence-corrected chi connectivity index (χ3v) is 5.57. The molecule has 1 unspecified atom stereocenters. The number of carbonyl (C=O) groups excluding carboxylic acids is 2. The molecule has 0 radical (unpaired) electrons. The normalized spacial score (nSPS) is 12.0. The van der Waals surface area contributed by atoms with Crippen LogP contribution in [0.5, 0.6) is 0 Å². The number of benzene rings is 2. The molecule has 8 heteroatoms. The topological polar surface area (TPSA) is 105 Å². The molecule has 0 fully saturated rings. The highest BCUT2D eigenvalue weighted by Crippen LogP contribution is 2.22. The zero-order chi connectivity index (χ0) is 22.6. The Labute approximate surface area is 189 Å². The molecule has 33 heavy (non-hydrogen) atoms. The molecular formula is C25H22N6O2. The summed E-state index contributed by atoms with van der Waals surface area (Å²) < 4.78 is 1.55. The molecule has 0 saturated carbocycles. The van der Waals surface area contributed by atoms with Crippen LogP contribution in [0.15, 0.2) is 85.6 Å². The number of fused-ring (bicyclic) bond motifs is 2. The number of nitrogens with one attached hydrogen (secondary N) is 3. The van der Waals surface area contributed by atoms with Crippen molar-refractivity contribution in [3.05, 3.63) is 96.7 Å². The van der Waals surface area contributed by atoms with Gasteiger partial charge in [-0.15, -0.1) is 0 Å². The molecule has 0 spiro atoms. The van der Waals surface area contributed by atoms with Crippen LogP contribution in [0.1, 0.15) is 22.0 Å². The van der Waals surface area contributed by atoms with Gasteiger partial charge in [-0.3, -0.25) is 19.3 Å². The van der Waals surface area contributed by atoms with Gasteiger partial charge in [0.2, 0.25) is 5.91 Å². The Morgan fingerprint density at radius 2 is 1.91 bits per heavy atom. The molecule has 8 nitrogen and oxygen atoms in total. The molecule has 3 aromatic heterocycles. The van der Waals surface area contributed by atoms with Gasteiger partial charge < -0.3 is 15.6 Å². The zero-order valence-corrected chi connectivity index (χ0v) is 17.7. The lowest BCUT2D eigenvalue weighted by atomic mass is 10.0. The zero-order valence-electron chi connectivity index (χ0n) is 17.7. The number of amides is 2. The molecule has 1 atom stereocenters. The summed E-state index contributed by atoms with van der Waals surface area (Å²) in [5.74, 6) is -0.444. The van der Waals surface area contributed by atoms with Crippen molar-refractivity contribution in [2.45, 2.75) is 12.6 Å². The predicted molar refractivity (Wildman–Crippen MR) is 125 cm³/mol. The first kappa shape index (κ1) is 20.4. The number of aromatic amines is 1. The van der Waals surface area contributed by atoms with E-state index in [-0.39, 0.29) is 24.9 Å². The van der Waals surface area contributed by atoms with Gasteiger partial charge in [0.25, 0.3) is 5.91 Å². The standard InChI is InChI=1S/C25H22N6O2/c32-24(16-31-11-3-9-29-31)28-15-22(19-7-6-17-4-1-2-5-18(17)12-19)30-25(33)21-13-26-14-23-20(21)8-10-27-23/h1-14,22,27H,15-16H2,(H,28,32)(H,30,33). The highest BCUT2D eigenvalue weighted by Gasteiger charge is 2.19. The Hall–Kier alpha value is -4.46. The monoisotopic (exact) mass is 438 g/mol. The first-order chi connectivity index (χ1) is 16.2. The number of aromatic nitrogens is 4. The second kappa shape index (κ2) is 8.96. The van der Waals surface area contributed by atoms with Crippen LogP contribution < -0.4 is 10.6 Å². The average Bonchev–Trinajstić information content (AvgIpc) is 3.53. The van der Waals surface area contributed by atoms with Gasteiger partial charge in [-0.25, -0.2) is 0 Å². The van der Waals surface area contributed by atoms with E-state index < -0.39 is 6.04 Å². The summed E-state index contributed by atoms with van der Waals surface area (Å²) in [6, 6.07) is 17.2. The molecule has 164 valence electrons. The van der Waals surface area contributed by atoms with Crippen molar-refractivity contribution in [3.63, 3.8) is 0 Å². The maximum absolute atomic E-state index is 13.2. The Balaban J connectivity index is 1.40. The Morgan fingerprint density at radius 1 is 1.03 bits per heavy atom. The van der Waals surface area contributed by atoms with E-state index in [2.05, 4.69) is 25.7 Å². The van der Waals surface area contributed by atoms with Crippen molar-refractivity contribution in [3.8, 4) is 0 Å². The summed E-state index contributed by atoms with van der Waals surface area (Å²) in [7, 11) is 0. The molecule has 2 aromatic carbocycles. The van der Waals surface area contributed by atoms with Crippen molar-refractivity contribution in [2.24, 2.45) is 0 Å². The van der Waals surface area contributed by atoms with Gasteiger partial charge in [-0.05, 0) is 34.5 Å². The number of pyridine rings is 1. The fourth-order valence-electron chi connectivity index (χ4n) is 3.89. The van der Waals surface area contributed by atoms with Crippen LogP contribution in [0.3, 0.4) is 0 Å². The van der Waals surface area contributed by atoms with Crippen LogP contribution in [-0.2, 0) is 11.3 Å². The summed E-state index contributed by atoms with van der Waals surface area (Å²) in [4.78, 5) is 32.9. The fraction of sp³-hybridized carbons (Fsp3) is 0.120. The van der Waals surface area contributed by atoms with Gasteiger partial charge in [0, 0.05) is 36.7 Å². The van der Waals surface area contributed by atoms with Gasteiger partial charge in [0.1, 0.15) is 6.54 Å². The molecule has 5 aromatic rings. The lowest BCUT2D eigenvalue weighted by Crippen LogP contribution is -2.39. The minimum Gasteiger partial charge on any atom is -0.360 e. The van der Waals surface area contributed by atoms with Gasteiger partial charge in [0.15, 0.2) is 0 Å². The van der Waals surface area contributed by atoms with E-state index in [1.807, 2.05) is 48.5 Å². The number of rotatable bonds is 7. The summed E-state index contributed by atoms with van der Waals surface area (Å²) in [6.07, 6.45) is 8.37. The minimum atomic E-state index is -0.433. The summed E-state index contributed by atoms with van der Waals surface area (Å²) in [6.45, 7) is 0.346. The summed E-state index contributed by atoms with van der Waals surface area (Å²) in [5, 5.41) is 13.0. The quantitative estimate of drug-likeness (QED) is 0.363. The molecule has 3 N–H and O–H groups in total. The van der Waals surface area contributed by atoms with E-state index in [0.717, 1.165) is 27.2 Å². The minimum absolute atomic E-state index is 0.109. The molecule has 0 bridgehead atoms. The highest BCUT2D eigenvalue weighted by molar-refractivity contribution is 6.06. The van der Waals surface area contributed by atoms with Crippen LogP contribution >= 0.6 is 0 Å². The predicted octanol–water partition coefficient (Wildman–Crippen LogP) is 3.20. The molecule has 5 rings (SSSR count). The van der Waals surface area contributed by atoms with Crippen LogP contribution in [0.4, 0.5) is 0 Å². The smallest absolute Gasteiger partial charge is 0.254 e. The van der Waals surface area contributed by atoms with E-state index in [9.17, 15) is 9.59 Å². The van der Waals surface area contributed by atoms with Gasteiger partial charge in [0.05, 0.1) is 23.3 Å². The largest absolute Gasteiger partial charge is 0.360 e. The molecular weight excluding hydrogens is 416 g/mol. The number of hydrogen-bond acceptors (Lipinski definition) is 4. The van der Waals surface area contributed by atoms with E-state index in [1.54, 1.807) is 41.7 Å². The lowest BCUT2D eigenvalue weighted by molar-refractivity contribution is -0.121. The SMILES string of the molecule is O=C(Cn1cccn1)NCC(NC(=O)c1cncc2[nH]ccc12)c1ccc2ccccc2c1. The third-order valence-electron chi connectivity index (χ3n) is 5.57. The molecule has 0 aliphatic rings. The van der Waals surface area contributed by atoms with Crippen LogP contribution in [0, 0.1) is 0 Å². The highest BCUT2D eigenvalue weighted by atomic mass is 16.2. The molecule has 3 heterocycles. The lowest BCUT2D eigenvalue weighted by Gasteiger charge is -2.21. The summed E-state index contributed by atoms with van der Waals surface area (Å²) in [5.41, 5.74) is 2.16. The van der Waals surface area contributed by atoms with Crippen LogP contribution in [-0.4, -0.2) is 38.1 Å². The number of nitrogens with zero attached hydrogens (tertiary/aromatic N) is 3. The maximum atomic E-state index is 13.2. The fourth-order valence-corrected chi connectivity index (χ4v) is 3.89. The molecule has 0 aliphatic heterocycles. The average molecular weight is 438 g/mol.